The van der Waals surface area contributed by atoms with Crippen LogP contribution in [0.25, 0.3) is 10.9 Å². The third-order valence-corrected chi connectivity index (χ3v) is 3.35. The van der Waals surface area contributed by atoms with Crippen molar-refractivity contribution in [2.24, 2.45) is 0 Å². The van der Waals surface area contributed by atoms with Gasteiger partial charge in [0, 0.05) is 30.7 Å². The molecule has 0 aliphatic heterocycles. The van der Waals surface area contributed by atoms with E-state index in [0.717, 1.165) is 5.39 Å². The molecule has 0 saturated heterocycles. The third-order valence-electron chi connectivity index (χ3n) is 3.35. The van der Waals surface area contributed by atoms with Crippen molar-refractivity contribution in [2.45, 2.75) is 59.2 Å². The van der Waals surface area contributed by atoms with Crippen LogP contribution in [0.15, 0.2) is 24.7 Å². The lowest BCUT2D eigenvalue weighted by molar-refractivity contribution is 0.0523. The van der Waals surface area contributed by atoms with E-state index in [1.165, 1.54) is 4.57 Å². The number of nitrogens with one attached hydrogen (secondary N) is 1. The van der Waals surface area contributed by atoms with E-state index >= 15 is 0 Å². The van der Waals surface area contributed by atoms with Gasteiger partial charge in [0.15, 0.2) is 0 Å². The normalized spacial score (nSPS) is 11.5. The Labute approximate surface area is 165 Å². The molecule has 150 valence electrons. The van der Waals surface area contributed by atoms with Crippen LogP contribution in [0, 0.1) is 11.8 Å². The molecular weight excluding hydrogens is 358 g/mol. The van der Waals surface area contributed by atoms with Gasteiger partial charge in [-0.2, -0.15) is 0 Å². The van der Waals surface area contributed by atoms with Gasteiger partial charge in [-0.3, -0.25) is 9.55 Å². The van der Waals surface area contributed by atoms with Crippen LogP contribution in [-0.4, -0.2) is 39.5 Å². The van der Waals surface area contributed by atoms with Gasteiger partial charge in [-0.25, -0.2) is 9.59 Å². The average Bonchev–Trinajstić information content (AvgIpc) is 2.96. The molecule has 1 N–H and O–H groups in total. The molecule has 0 aliphatic rings. The van der Waals surface area contributed by atoms with Crippen molar-refractivity contribution in [2.75, 3.05) is 6.54 Å². The van der Waals surface area contributed by atoms with Crippen LogP contribution in [0.3, 0.4) is 0 Å². The van der Waals surface area contributed by atoms with E-state index in [9.17, 15) is 9.59 Å². The summed E-state index contributed by atoms with van der Waals surface area (Å²) in [6.45, 7) is 11.3. The Bertz CT molecular complexity index is 921. The van der Waals surface area contributed by atoms with Gasteiger partial charge in [0.1, 0.15) is 11.2 Å². The summed E-state index contributed by atoms with van der Waals surface area (Å²) >= 11 is 0. The lowest BCUT2D eigenvalue weighted by atomic mass is 10.2. The molecule has 0 aliphatic carbocycles. The number of pyridine rings is 1. The van der Waals surface area contributed by atoms with E-state index in [2.05, 4.69) is 22.1 Å². The number of aromatic nitrogens is 2. The highest BCUT2D eigenvalue weighted by Crippen LogP contribution is 2.20. The van der Waals surface area contributed by atoms with Crippen LogP contribution in [0.4, 0.5) is 9.59 Å². The van der Waals surface area contributed by atoms with Crippen molar-refractivity contribution in [3.8, 4) is 11.8 Å². The van der Waals surface area contributed by atoms with E-state index in [4.69, 9.17) is 9.47 Å². The van der Waals surface area contributed by atoms with Crippen LogP contribution in [-0.2, 0) is 9.47 Å². The molecule has 0 spiro atoms. The first-order valence-corrected chi connectivity index (χ1v) is 9.10. The predicted octanol–water partition coefficient (Wildman–Crippen LogP) is 4.09. The van der Waals surface area contributed by atoms with Gasteiger partial charge >= 0.3 is 12.2 Å². The van der Waals surface area contributed by atoms with E-state index in [1.807, 2.05) is 47.6 Å². The molecule has 0 saturated carbocycles. The van der Waals surface area contributed by atoms with Crippen molar-refractivity contribution >= 4 is 23.1 Å². The van der Waals surface area contributed by atoms with Crippen LogP contribution >= 0.6 is 0 Å². The van der Waals surface area contributed by atoms with Crippen LogP contribution in [0.1, 0.15) is 53.5 Å². The fraction of sp³-hybridized carbons (Fsp3) is 0.476. The van der Waals surface area contributed by atoms with Gasteiger partial charge in [0.2, 0.25) is 0 Å². The molecule has 2 aromatic rings. The fourth-order valence-corrected chi connectivity index (χ4v) is 2.32. The number of amides is 1. The summed E-state index contributed by atoms with van der Waals surface area (Å²) in [5.74, 6) is 6.04. The molecule has 2 aromatic heterocycles. The Morgan fingerprint density at radius 3 is 2.43 bits per heavy atom. The number of carbonyl (C=O) groups is 2. The lowest BCUT2D eigenvalue weighted by Gasteiger charge is -2.19. The highest BCUT2D eigenvalue weighted by atomic mass is 16.6. The Morgan fingerprint density at radius 1 is 1.11 bits per heavy atom. The monoisotopic (exact) mass is 385 g/mol. The first kappa shape index (κ1) is 21.3. The van der Waals surface area contributed by atoms with Gasteiger partial charge in [-0.05, 0) is 47.6 Å². The number of alkyl carbamates (subject to hydrolysis) is 1. The van der Waals surface area contributed by atoms with Gasteiger partial charge in [-0.1, -0.05) is 11.8 Å². The molecule has 7 heteroatoms. The molecular formula is C21H27N3O4. The second-order valence-corrected chi connectivity index (χ2v) is 8.27. The summed E-state index contributed by atoms with van der Waals surface area (Å²) in [5.41, 5.74) is 0.225. The highest BCUT2D eigenvalue weighted by Gasteiger charge is 2.19. The van der Waals surface area contributed by atoms with Crippen LogP contribution in [0.2, 0.25) is 0 Å². The Morgan fingerprint density at radius 2 is 1.79 bits per heavy atom. The third kappa shape index (κ3) is 6.31. The maximum atomic E-state index is 12.3. The topological polar surface area (TPSA) is 82.5 Å². The Balaban J connectivity index is 2.04. The Kier molecular flexibility index (Phi) is 6.34. The molecule has 0 radical (unpaired) electrons. The molecule has 0 aromatic carbocycles. The smallest absolute Gasteiger partial charge is 0.419 e. The van der Waals surface area contributed by atoms with Gasteiger partial charge in [-0.15, -0.1) is 0 Å². The number of fused-ring (bicyclic) bond motifs is 1. The molecule has 0 bridgehead atoms. The summed E-state index contributed by atoms with van der Waals surface area (Å²) in [4.78, 5) is 28.1. The zero-order valence-electron chi connectivity index (χ0n) is 17.3. The molecule has 7 nitrogen and oxygen atoms in total. The van der Waals surface area contributed by atoms with E-state index in [-0.39, 0.29) is 0 Å². The summed E-state index contributed by atoms with van der Waals surface area (Å²) < 4.78 is 12.0. The minimum absolute atomic E-state index is 0.379. The van der Waals surface area contributed by atoms with Gasteiger partial charge in [0.05, 0.1) is 17.3 Å². The number of rotatable bonds is 2. The highest BCUT2D eigenvalue weighted by molar-refractivity contribution is 5.92. The second kappa shape index (κ2) is 8.34. The molecule has 2 heterocycles. The van der Waals surface area contributed by atoms with E-state index < -0.39 is 23.4 Å². The van der Waals surface area contributed by atoms with Crippen molar-refractivity contribution < 1.29 is 19.1 Å². The minimum Gasteiger partial charge on any atom is -0.444 e. The molecule has 2 rings (SSSR count). The SMILES string of the molecule is CC(C)(C)OC(=O)NCCC#Cc1cncc2c1ccn2C(=O)OC(C)(C)C. The second-order valence-electron chi connectivity index (χ2n) is 8.27. The summed E-state index contributed by atoms with van der Waals surface area (Å²) in [6.07, 6.45) is 4.44. The molecule has 28 heavy (non-hydrogen) atoms. The van der Waals surface area contributed by atoms with Crippen molar-refractivity contribution in [3.05, 3.63) is 30.2 Å². The number of hydrogen-bond acceptors (Lipinski definition) is 5. The van der Waals surface area contributed by atoms with E-state index in [1.54, 1.807) is 18.6 Å². The van der Waals surface area contributed by atoms with Crippen molar-refractivity contribution in [1.82, 2.24) is 14.9 Å². The van der Waals surface area contributed by atoms with E-state index in [0.29, 0.717) is 24.0 Å². The average molecular weight is 385 g/mol. The maximum absolute atomic E-state index is 12.3. The molecule has 1 amide bonds. The lowest BCUT2D eigenvalue weighted by Crippen LogP contribution is -2.32. The fourth-order valence-electron chi connectivity index (χ4n) is 2.32. The zero-order valence-corrected chi connectivity index (χ0v) is 17.3. The van der Waals surface area contributed by atoms with Crippen LogP contribution in [0.5, 0.6) is 0 Å². The Hall–Kier alpha value is -3.01. The maximum Gasteiger partial charge on any atom is 0.419 e. The number of hydrogen-bond donors (Lipinski definition) is 1. The van der Waals surface area contributed by atoms with Crippen LogP contribution < -0.4 is 5.32 Å². The molecule has 0 atom stereocenters. The first-order chi connectivity index (χ1) is 13.0. The minimum atomic E-state index is -0.584. The quantitative estimate of drug-likeness (QED) is 0.622. The summed E-state index contributed by atoms with van der Waals surface area (Å²) in [7, 11) is 0. The van der Waals surface area contributed by atoms with Crippen molar-refractivity contribution in [3.63, 3.8) is 0 Å². The number of carbonyl (C=O) groups excluding carboxylic acids is 2. The predicted molar refractivity (Wildman–Crippen MR) is 107 cm³/mol. The first-order valence-electron chi connectivity index (χ1n) is 9.10. The van der Waals surface area contributed by atoms with Gasteiger partial charge < -0.3 is 14.8 Å². The number of nitrogens with zero attached hydrogens (tertiary/aromatic N) is 2. The molecule has 0 fully saturated rings. The zero-order chi connectivity index (χ0) is 20.9. The number of ether oxygens (including phenoxy) is 2. The van der Waals surface area contributed by atoms with Gasteiger partial charge in [0.25, 0.3) is 0 Å². The standard InChI is InChI=1S/C21H27N3O4/c1-20(2,3)27-18(25)23-11-8-7-9-15-13-22-14-17-16(15)10-12-24(17)19(26)28-21(4,5)6/h10,12-14H,8,11H2,1-6H3,(H,23,25). The summed E-state index contributed by atoms with van der Waals surface area (Å²) in [5, 5.41) is 3.47. The molecule has 0 unspecified atom stereocenters. The summed E-state index contributed by atoms with van der Waals surface area (Å²) in [6, 6.07) is 1.81. The largest absolute Gasteiger partial charge is 0.444 e. The van der Waals surface area contributed by atoms with Crippen molar-refractivity contribution in [1.29, 1.82) is 0 Å².